The zero-order chi connectivity index (χ0) is 8.27. The Balaban J connectivity index is 2.68. The van der Waals surface area contributed by atoms with Crippen molar-refractivity contribution in [3.8, 4) is 6.01 Å². The van der Waals surface area contributed by atoms with E-state index in [4.69, 9.17) is 9.84 Å². The number of rotatable bonds is 3. The minimum atomic E-state index is -0.803. The van der Waals surface area contributed by atoms with Crippen molar-refractivity contribution in [3.63, 3.8) is 0 Å². The first-order chi connectivity index (χ1) is 5.24. The van der Waals surface area contributed by atoms with Gasteiger partial charge in [0.25, 0.3) is 6.01 Å². The first-order valence-electron chi connectivity index (χ1n) is 3.60. The number of imidazole rings is 1. The average molecular weight is 156 g/mol. The predicted octanol–water partition coefficient (Wildman–Crippen LogP) is 0.620. The first kappa shape index (κ1) is 8.07. The predicted molar refractivity (Wildman–Crippen MR) is 40.2 cm³/mol. The maximum Gasteiger partial charge on any atom is 0.298 e. The molecular weight excluding hydrogens is 144 g/mol. The van der Waals surface area contributed by atoms with Gasteiger partial charge in [-0.1, -0.05) is 0 Å². The van der Waals surface area contributed by atoms with Crippen LogP contribution >= 0.6 is 0 Å². The lowest BCUT2D eigenvalue weighted by atomic mass is 10.7. The van der Waals surface area contributed by atoms with E-state index in [-0.39, 0.29) is 0 Å². The Morgan fingerprint density at radius 1 is 1.82 bits per heavy atom. The van der Waals surface area contributed by atoms with E-state index in [9.17, 15) is 0 Å². The Morgan fingerprint density at radius 2 is 2.55 bits per heavy atom. The SMILES string of the molecule is CCn1ccnc1OC(C)O. The number of aliphatic hydroxyl groups excluding tert-OH is 1. The van der Waals surface area contributed by atoms with E-state index in [0.717, 1.165) is 6.54 Å². The Kier molecular flexibility index (Phi) is 2.48. The molecule has 11 heavy (non-hydrogen) atoms. The minimum Gasteiger partial charge on any atom is -0.435 e. The third-order valence-electron chi connectivity index (χ3n) is 1.29. The molecule has 0 aliphatic carbocycles. The Hall–Kier alpha value is -1.03. The molecule has 1 unspecified atom stereocenters. The second-order valence-corrected chi connectivity index (χ2v) is 2.21. The first-order valence-corrected chi connectivity index (χ1v) is 3.60. The van der Waals surface area contributed by atoms with Crippen LogP contribution in [0.5, 0.6) is 6.01 Å². The Labute approximate surface area is 65.4 Å². The number of aryl methyl sites for hydroxylation is 1. The van der Waals surface area contributed by atoms with Gasteiger partial charge in [-0.05, 0) is 13.8 Å². The van der Waals surface area contributed by atoms with Gasteiger partial charge in [-0.3, -0.25) is 0 Å². The van der Waals surface area contributed by atoms with Gasteiger partial charge in [0.1, 0.15) is 0 Å². The van der Waals surface area contributed by atoms with Crippen molar-refractivity contribution in [1.29, 1.82) is 0 Å². The van der Waals surface area contributed by atoms with E-state index in [1.165, 1.54) is 0 Å². The minimum absolute atomic E-state index is 0.461. The van der Waals surface area contributed by atoms with E-state index in [2.05, 4.69) is 4.98 Å². The van der Waals surface area contributed by atoms with Crippen molar-refractivity contribution in [2.45, 2.75) is 26.7 Å². The van der Waals surface area contributed by atoms with Crippen molar-refractivity contribution in [1.82, 2.24) is 9.55 Å². The standard InChI is InChI=1S/C7H12N2O2/c1-3-9-5-4-8-7(9)11-6(2)10/h4-6,10H,3H2,1-2H3. The lowest BCUT2D eigenvalue weighted by Gasteiger charge is -2.08. The molecule has 1 N–H and O–H groups in total. The monoisotopic (exact) mass is 156 g/mol. The molecule has 0 amide bonds. The summed E-state index contributed by atoms with van der Waals surface area (Å²) in [5.41, 5.74) is 0. The van der Waals surface area contributed by atoms with Crippen molar-refractivity contribution in [3.05, 3.63) is 12.4 Å². The largest absolute Gasteiger partial charge is 0.435 e. The molecule has 1 heterocycles. The van der Waals surface area contributed by atoms with Crippen molar-refractivity contribution < 1.29 is 9.84 Å². The van der Waals surface area contributed by atoms with Crippen molar-refractivity contribution in [2.24, 2.45) is 0 Å². The summed E-state index contributed by atoms with van der Waals surface area (Å²) < 4.78 is 6.80. The van der Waals surface area contributed by atoms with E-state index in [0.29, 0.717) is 6.01 Å². The number of aliphatic hydroxyl groups is 1. The van der Waals surface area contributed by atoms with Crippen molar-refractivity contribution >= 4 is 0 Å². The van der Waals surface area contributed by atoms with Crippen LogP contribution in [0.4, 0.5) is 0 Å². The number of hydrogen-bond acceptors (Lipinski definition) is 3. The average Bonchev–Trinajstić information content (AvgIpc) is 2.34. The van der Waals surface area contributed by atoms with Crippen LogP contribution in [0.3, 0.4) is 0 Å². The summed E-state index contributed by atoms with van der Waals surface area (Å²) in [4.78, 5) is 3.91. The lowest BCUT2D eigenvalue weighted by molar-refractivity contribution is -0.00986. The number of hydrogen-bond donors (Lipinski definition) is 1. The Bertz CT molecular complexity index is 220. The van der Waals surface area contributed by atoms with Crippen LogP contribution in [0.25, 0.3) is 0 Å². The van der Waals surface area contributed by atoms with Crippen LogP contribution in [0.1, 0.15) is 13.8 Å². The fourth-order valence-corrected chi connectivity index (χ4v) is 0.807. The quantitative estimate of drug-likeness (QED) is 0.652. The van der Waals surface area contributed by atoms with Crippen LogP contribution < -0.4 is 4.74 Å². The van der Waals surface area contributed by atoms with Gasteiger partial charge in [0, 0.05) is 18.9 Å². The molecule has 0 aromatic carbocycles. The zero-order valence-corrected chi connectivity index (χ0v) is 6.69. The second kappa shape index (κ2) is 3.39. The Morgan fingerprint density at radius 3 is 3.09 bits per heavy atom. The third kappa shape index (κ3) is 1.94. The molecule has 1 aromatic heterocycles. The number of ether oxygens (including phenoxy) is 1. The van der Waals surface area contributed by atoms with Crippen molar-refractivity contribution in [2.75, 3.05) is 0 Å². The van der Waals surface area contributed by atoms with Gasteiger partial charge in [-0.15, -0.1) is 0 Å². The fraction of sp³-hybridized carbons (Fsp3) is 0.571. The smallest absolute Gasteiger partial charge is 0.298 e. The van der Waals surface area contributed by atoms with E-state index in [1.807, 2.05) is 11.5 Å². The summed E-state index contributed by atoms with van der Waals surface area (Å²) in [6.07, 6.45) is 2.64. The van der Waals surface area contributed by atoms with Gasteiger partial charge < -0.3 is 14.4 Å². The summed E-state index contributed by atoms with van der Waals surface area (Å²) in [6.45, 7) is 4.33. The van der Waals surface area contributed by atoms with Gasteiger partial charge in [-0.25, -0.2) is 4.98 Å². The topological polar surface area (TPSA) is 47.3 Å². The molecule has 0 saturated carbocycles. The zero-order valence-electron chi connectivity index (χ0n) is 6.69. The van der Waals surface area contributed by atoms with Gasteiger partial charge in [0.15, 0.2) is 6.29 Å². The van der Waals surface area contributed by atoms with Crippen LogP contribution in [0.2, 0.25) is 0 Å². The molecule has 4 nitrogen and oxygen atoms in total. The van der Waals surface area contributed by atoms with Gasteiger partial charge >= 0.3 is 0 Å². The van der Waals surface area contributed by atoms with E-state index in [1.54, 1.807) is 19.3 Å². The second-order valence-electron chi connectivity index (χ2n) is 2.21. The summed E-state index contributed by atoms with van der Waals surface area (Å²) >= 11 is 0. The highest BCUT2D eigenvalue weighted by Crippen LogP contribution is 2.07. The van der Waals surface area contributed by atoms with Crippen LogP contribution in [-0.2, 0) is 6.54 Å². The molecule has 1 atom stereocenters. The fourth-order valence-electron chi connectivity index (χ4n) is 0.807. The summed E-state index contributed by atoms with van der Waals surface area (Å²) in [5.74, 6) is 0. The molecule has 0 aliphatic heterocycles. The van der Waals surface area contributed by atoms with Gasteiger partial charge in [-0.2, -0.15) is 0 Å². The molecule has 0 radical (unpaired) electrons. The summed E-state index contributed by atoms with van der Waals surface area (Å²) in [6, 6.07) is 0.461. The maximum atomic E-state index is 8.87. The molecule has 62 valence electrons. The van der Waals surface area contributed by atoms with Crippen LogP contribution in [-0.4, -0.2) is 20.9 Å². The maximum absolute atomic E-state index is 8.87. The summed E-state index contributed by atoms with van der Waals surface area (Å²) in [5, 5.41) is 8.87. The molecule has 4 heteroatoms. The molecule has 0 saturated heterocycles. The molecule has 0 aliphatic rings. The molecule has 1 rings (SSSR count). The lowest BCUT2D eigenvalue weighted by Crippen LogP contribution is -2.13. The van der Waals surface area contributed by atoms with E-state index < -0.39 is 6.29 Å². The normalized spacial score (nSPS) is 13.0. The van der Waals surface area contributed by atoms with E-state index >= 15 is 0 Å². The highest BCUT2D eigenvalue weighted by Gasteiger charge is 2.03. The van der Waals surface area contributed by atoms with Gasteiger partial charge in [0.2, 0.25) is 0 Å². The molecule has 0 fully saturated rings. The van der Waals surface area contributed by atoms with Crippen LogP contribution in [0, 0.1) is 0 Å². The highest BCUT2D eigenvalue weighted by atomic mass is 16.6. The molecule has 1 aromatic rings. The number of nitrogens with zero attached hydrogens (tertiary/aromatic N) is 2. The molecule has 0 bridgehead atoms. The van der Waals surface area contributed by atoms with Gasteiger partial charge in [0.05, 0.1) is 0 Å². The third-order valence-corrected chi connectivity index (χ3v) is 1.29. The molecular formula is C7H12N2O2. The highest BCUT2D eigenvalue weighted by molar-refractivity contribution is 4.97. The summed E-state index contributed by atoms with van der Waals surface area (Å²) in [7, 11) is 0. The number of aromatic nitrogens is 2. The molecule has 0 spiro atoms. The van der Waals surface area contributed by atoms with Crippen LogP contribution in [0.15, 0.2) is 12.4 Å².